The van der Waals surface area contributed by atoms with Gasteiger partial charge in [0.05, 0.1) is 0 Å². The molecule has 1 aliphatic carbocycles. The molecule has 0 unspecified atom stereocenters. The summed E-state index contributed by atoms with van der Waals surface area (Å²) in [4.78, 5) is 15.3. The molecule has 2 saturated heterocycles. The molecule has 3 heteroatoms. The molecule has 1 spiro atoms. The number of benzene rings is 1. The molecule has 1 N–H and O–H groups in total. The topological polar surface area (TPSA) is 32.3 Å². The lowest BCUT2D eigenvalue weighted by molar-refractivity contribution is -0.134. The summed E-state index contributed by atoms with van der Waals surface area (Å²) in [5, 5.41) is 3.43. The van der Waals surface area contributed by atoms with Crippen molar-refractivity contribution < 1.29 is 4.79 Å². The zero-order chi connectivity index (χ0) is 16.0. The van der Waals surface area contributed by atoms with Crippen molar-refractivity contribution in [1.82, 2.24) is 10.2 Å². The van der Waals surface area contributed by atoms with E-state index in [0.29, 0.717) is 29.2 Å². The number of carbonyl (C=O) groups excluding carboxylic acids is 1. The average molecular weight is 312 g/mol. The Morgan fingerprint density at radius 2 is 2.00 bits per heavy atom. The van der Waals surface area contributed by atoms with Gasteiger partial charge in [0.25, 0.3) is 0 Å². The van der Waals surface area contributed by atoms with Gasteiger partial charge < -0.3 is 10.2 Å². The molecule has 3 fully saturated rings. The molecule has 23 heavy (non-hydrogen) atoms. The first-order valence-corrected chi connectivity index (χ1v) is 9.17. The Labute approximate surface area is 139 Å². The fraction of sp³-hybridized carbons (Fsp3) is 0.650. The van der Waals surface area contributed by atoms with Crippen molar-refractivity contribution in [2.24, 2.45) is 11.3 Å². The molecule has 3 nitrogen and oxygen atoms in total. The minimum absolute atomic E-state index is 0.308. The summed E-state index contributed by atoms with van der Waals surface area (Å²) in [5.41, 5.74) is 3.14. The highest BCUT2D eigenvalue weighted by Gasteiger charge is 2.59. The Bertz CT molecular complexity index is 605. The van der Waals surface area contributed by atoms with E-state index in [-0.39, 0.29) is 0 Å². The van der Waals surface area contributed by atoms with E-state index in [1.165, 1.54) is 24.0 Å². The SMILES string of the molecule is Cc1ccccc1[C@@H]1C[C@H](C)N(C(=O)[C@@H]2CC23CCNCC3)C1. The highest BCUT2D eigenvalue weighted by atomic mass is 16.2. The molecule has 0 bridgehead atoms. The second kappa shape index (κ2) is 5.62. The van der Waals surface area contributed by atoms with Crippen LogP contribution in [-0.4, -0.2) is 36.5 Å². The van der Waals surface area contributed by atoms with Crippen LogP contribution in [-0.2, 0) is 4.79 Å². The van der Waals surface area contributed by atoms with Crippen molar-refractivity contribution in [3.05, 3.63) is 35.4 Å². The molecule has 1 aromatic carbocycles. The van der Waals surface area contributed by atoms with Crippen molar-refractivity contribution >= 4 is 5.91 Å². The number of nitrogens with zero attached hydrogens (tertiary/aromatic N) is 1. The summed E-state index contributed by atoms with van der Waals surface area (Å²) >= 11 is 0. The van der Waals surface area contributed by atoms with Gasteiger partial charge in [-0.15, -0.1) is 0 Å². The lowest BCUT2D eigenvalue weighted by atomic mass is 9.91. The first-order chi connectivity index (χ1) is 11.1. The molecule has 2 aliphatic heterocycles. The van der Waals surface area contributed by atoms with Crippen LogP contribution >= 0.6 is 0 Å². The predicted octanol–water partition coefficient (Wildman–Crippen LogP) is 3.09. The van der Waals surface area contributed by atoms with Gasteiger partial charge in [0, 0.05) is 24.4 Å². The summed E-state index contributed by atoms with van der Waals surface area (Å²) < 4.78 is 0. The summed E-state index contributed by atoms with van der Waals surface area (Å²) in [6, 6.07) is 9.04. The Morgan fingerprint density at radius 3 is 2.74 bits per heavy atom. The lowest BCUT2D eigenvalue weighted by Gasteiger charge is -2.27. The standard InChI is InChI=1S/C20H28N2O/c1-14-5-3-4-6-17(14)16-11-15(2)22(13-16)19(23)18-12-20(18)7-9-21-10-8-20/h3-6,15-16,18,21H,7-13H2,1-2H3/t15-,16+,18-/m0/s1. The van der Waals surface area contributed by atoms with Crippen LogP contribution in [0.1, 0.15) is 49.7 Å². The second-order valence-electron chi connectivity index (χ2n) is 8.00. The zero-order valence-corrected chi connectivity index (χ0v) is 14.3. The van der Waals surface area contributed by atoms with E-state index < -0.39 is 0 Å². The Hall–Kier alpha value is -1.35. The maximum atomic E-state index is 13.1. The first kappa shape index (κ1) is 15.2. The first-order valence-electron chi connectivity index (χ1n) is 9.17. The van der Waals surface area contributed by atoms with Gasteiger partial charge in [-0.3, -0.25) is 4.79 Å². The number of hydrogen-bond acceptors (Lipinski definition) is 2. The van der Waals surface area contributed by atoms with E-state index in [1.54, 1.807) is 0 Å². The van der Waals surface area contributed by atoms with Gasteiger partial charge in [-0.1, -0.05) is 24.3 Å². The number of amides is 1. The molecule has 1 saturated carbocycles. The van der Waals surface area contributed by atoms with E-state index in [4.69, 9.17) is 0 Å². The van der Waals surface area contributed by atoms with Crippen molar-refractivity contribution in [2.75, 3.05) is 19.6 Å². The van der Waals surface area contributed by atoms with Crippen LogP contribution in [0.15, 0.2) is 24.3 Å². The lowest BCUT2D eigenvalue weighted by Crippen LogP contribution is -2.38. The third-order valence-corrected chi connectivity index (χ3v) is 6.57. The minimum Gasteiger partial charge on any atom is -0.339 e. The smallest absolute Gasteiger partial charge is 0.226 e. The van der Waals surface area contributed by atoms with Gasteiger partial charge in [0.2, 0.25) is 5.91 Å². The third-order valence-electron chi connectivity index (χ3n) is 6.57. The largest absolute Gasteiger partial charge is 0.339 e. The molecule has 2 heterocycles. The highest BCUT2D eigenvalue weighted by molar-refractivity contribution is 5.83. The van der Waals surface area contributed by atoms with Gasteiger partial charge in [-0.2, -0.15) is 0 Å². The van der Waals surface area contributed by atoms with Crippen molar-refractivity contribution in [1.29, 1.82) is 0 Å². The third kappa shape index (κ3) is 2.59. The van der Waals surface area contributed by atoms with Gasteiger partial charge in [-0.25, -0.2) is 0 Å². The Kier molecular flexibility index (Phi) is 3.72. The number of rotatable bonds is 2. The fourth-order valence-corrected chi connectivity index (χ4v) is 4.98. The van der Waals surface area contributed by atoms with Crippen molar-refractivity contribution in [2.45, 2.75) is 51.5 Å². The number of likely N-dealkylation sites (tertiary alicyclic amines) is 1. The van der Waals surface area contributed by atoms with Gasteiger partial charge in [-0.05, 0) is 69.2 Å². The summed E-state index contributed by atoms with van der Waals surface area (Å²) in [7, 11) is 0. The molecule has 0 aromatic heterocycles. The molecule has 1 amide bonds. The zero-order valence-electron chi connectivity index (χ0n) is 14.3. The Morgan fingerprint density at radius 1 is 1.26 bits per heavy atom. The molecule has 1 aromatic rings. The molecule has 124 valence electrons. The number of carbonyl (C=O) groups is 1. The maximum absolute atomic E-state index is 13.1. The van der Waals surface area contributed by atoms with Gasteiger partial charge in [0.1, 0.15) is 0 Å². The van der Waals surface area contributed by atoms with Crippen LogP contribution in [0.5, 0.6) is 0 Å². The van der Waals surface area contributed by atoms with Crippen LogP contribution in [0, 0.1) is 18.3 Å². The van der Waals surface area contributed by atoms with E-state index in [1.807, 2.05) is 0 Å². The molecule has 0 radical (unpaired) electrons. The number of hydrogen-bond donors (Lipinski definition) is 1. The predicted molar refractivity (Wildman–Crippen MR) is 92.4 cm³/mol. The molecular formula is C20H28N2O. The summed E-state index contributed by atoms with van der Waals surface area (Å²) in [6.45, 7) is 7.51. The Balaban J connectivity index is 1.46. The number of piperidine rings is 1. The van der Waals surface area contributed by atoms with Crippen LogP contribution in [0.2, 0.25) is 0 Å². The summed E-state index contributed by atoms with van der Waals surface area (Å²) in [6.07, 6.45) is 4.61. The van der Waals surface area contributed by atoms with E-state index in [2.05, 4.69) is 48.3 Å². The molecule has 3 atom stereocenters. The van der Waals surface area contributed by atoms with Crippen LogP contribution < -0.4 is 5.32 Å². The van der Waals surface area contributed by atoms with Gasteiger partial charge >= 0.3 is 0 Å². The van der Waals surface area contributed by atoms with E-state index >= 15 is 0 Å². The van der Waals surface area contributed by atoms with Crippen LogP contribution in [0.3, 0.4) is 0 Å². The average Bonchev–Trinajstić information content (AvgIpc) is 3.09. The summed E-state index contributed by atoms with van der Waals surface area (Å²) in [5.74, 6) is 1.26. The monoisotopic (exact) mass is 312 g/mol. The normalized spacial score (nSPS) is 32.3. The highest BCUT2D eigenvalue weighted by Crippen LogP contribution is 2.59. The second-order valence-corrected chi connectivity index (χ2v) is 8.00. The quantitative estimate of drug-likeness (QED) is 0.910. The van der Waals surface area contributed by atoms with Crippen LogP contribution in [0.4, 0.5) is 0 Å². The minimum atomic E-state index is 0.308. The van der Waals surface area contributed by atoms with Crippen molar-refractivity contribution in [3.8, 4) is 0 Å². The van der Waals surface area contributed by atoms with E-state index in [0.717, 1.165) is 32.5 Å². The molecular weight excluding hydrogens is 284 g/mol. The van der Waals surface area contributed by atoms with Gasteiger partial charge in [0.15, 0.2) is 0 Å². The maximum Gasteiger partial charge on any atom is 0.226 e. The van der Waals surface area contributed by atoms with E-state index in [9.17, 15) is 4.79 Å². The molecule has 4 rings (SSSR count). The van der Waals surface area contributed by atoms with Crippen LogP contribution in [0.25, 0.3) is 0 Å². The fourth-order valence-electron chi connectivity index (χ4n) is 4.98. The number of nitrogens with one attached hydrogen (secondary N) is 1. The number of aryl methyl sites for hydroxylation is 1. The molecule has 3 aliphatic rings. The van der Waals surface area contributed by atoms with Crippen molar-refractivity contribution in [3.63, 3.8) is 0 Å².